The molecule has 3 heteroatoms. The lowest BCUT2D eigenvalue weighted by atomic mass is 10.2. The second-order valence-electron chi connectivity index (χ2n) is 2.74. The summed E-state index contributed by atoms with van der Waals surface area (Å²) in [4.78, 5) is 11.1. The smallest absolute Gasteiger partial charge is 0.335 e. The maximum absolute atomic E-state index is 11.1. The molecule has 1 aromatic carbocycles. The highest BCUT2D eigenvalue weighted by Gasteiger charge is 2.10. The number of hydrogen-bond donors (Lipinski definition) is 1. The lowest BCUT2D eigenvalue weighted by Gasteiger charge is -2.05. The van der Waals surface area contributed by atoms with Gasteiger partial charge < -0.3 is 10.5 Å². The first-order valence-electron chi connectivity index (χ1n) is 4.16. The summed E-state index contributed by atoms with van der Waals surface area (Å²) < 4.78 is 4.87. The number of carbonyl (C=O) groups is 1. The van der Waals surface area contributed by atoms with E-state index in [1.54, 1.807) is 0 Å². The van der Waals surface area contributed by atoms with Crippen molar-refractivity contribution >= 4 is 5.97 Å². The second-order valence-corrected chi connectivity index (χ2v) is 2.74. The zero-order chi connectivity index (χ0) is 10.4. The Morgan fingerprint density at radius 3 is 2.71 bits per heavy atom. The van der Waals surface area contributed by atoms with Gasteiger partial charge in [0.1, 0.15) is 6.61 Å². The van der Waals surface area contributed by atoms with Gasteiger partial charge in [-0.2, -0.15) is 0 Å². The summed E-state index contributed by atoms with van der Waals surface area (Å²) in [6.07, 6.45) is 4.97. The summed E-state index contributed by atoms with van der Waals surface area (Å²) >= 11 is 0. The predicted octanol–water partition coefficient (Wildman–Crippen LogP) is 0.690. The topological polar surface area (TPSA) is 52.3 Å². The minimum atomic E-state index is -0.973. The standard InChI is InChI=1S/C11H11NO2/c1-2-10(12)11(13)14-8-9-6-4-3-5-7-9/h1,3-7,10H,8,12H2/t10-/m0/s1. The lowest BCUT2D eigenvalue weighted by molar-refractivity contribution is -0.145. The van der Waals surface area contributed by atoms with E-state index < -0.39 is 12.0 Å². The first-order valence-corrected chi connectivity index (χ1v) is 4.16. The molecule has 0 saturated heterocycles. The number of hydrogen-bond acceptors (Lipinski definition) is 3. The van der Waals surface area contributed by atoms with Gasteiger partial charge in [0.25, 0.3) is 0 Å². The van der Waals surface area contributed by atoms with Crippen LogP contribution < -0.4 is 5.73 Å². The van der Waals surface area contributed by atoms with Crippen molar-refractivity contribution in [3.05, 3.63) is 35.9 Å². The van der Waals surface area contributed by atoms with E-state index in [1.165, 1.54) is 0 Å². The molecule has 0 unspecified atom stereocenters. The molecule has 0 aliphatic carbocycles. The van der Waals surface area contributed by atoms with E-state index in [0.29, 0.717) is 0 Å². The Morgan fingerprint density at radius 2 is 2.14 bits per heavy atom. The molecule has 1 rings (SSSR count). The second kappa shape index (κ2) is 5.05. The van der Waals surface area contributed by atoms with E-state index in [9.17, 15) is 4.79 Å². The fraction of sp³-hybridized carbons (Fsp3) is 0.182. The average Bonchev–Trinajstić information content (AvgIpc) is 2.26. The van der Waals surface area contributed by atoms with Gasteiger partial charge >= 0.3 is 5.97 Å². The number of ether oxygens (including phenoxy) is 1. The molecule has 0 saturated carbocycles. The highest BCUT2D eigenvalue weighted by Crippen LogP contribution is 2.00. The molecule has 0 fully saturated rings. The highest BCUT2D eigenvalue weighted by atomic mass is 16.5. The summed E-state index contributed by atoms with van der Waals surface area (Å²) in [5.41, 5.74) is 6.18. The Balaban J connectivity index is 2.43. The molecule has 72 valence electrons. The van der Waals surface area contributed by atoms with E-state index in [-0.39, 0.29) is 6.61 Å². The maximum atomic E-state index is 11.1. The van der Waals surface area contributed by atoms with Gasteiger partial charge in [-0.3, -0.25) is 0 Å². The van der Waals surface area contributed by atoms with E-state index in [2.05, 4.69) is 5.92 Å². The summed E-state index contributed by atoms with van der Waals surface area (Å²) in [7, 11) is 0. The van der Waals surface area contributed by atoms with Crippen molar-refractivity contribution in [1.29, 1.82) is 0 Å². The summed E-state index contributed by atoms with van der Waals surface area (Å²) in [5.74, 6) is 1.53. The van der Waals surface area contributed by atoms with Crippen LogP contribution in [-0.2, 0) is 16.1 Å². The van der Waals surface area contributed by atoms with Crippen LogP contribution in [0.5, 0.6) is 0 Å². The van der Waals surface area contributed by atoms with Crippen LogP contribution in [0.3, 0.4) is 0 Å². The number of rotatable bonds is 3. The third kappa shape index (κ3) is 2.92. The molecular weight excluding hydrogens is 178 g/mol. The third-order valence-corrected chi connectivity index (χ3v) is 1.66. The molecule has 0 aliphatic heterocycles. The molecule has 1 atom stereocenters. The Bertz CT molecular complexity index is 340. The summed E-state index contributed by atoms with van der Waals surface area (Å²) in [5, 5.41) is 0. The van der Waals surface area contributed by atoms with Crippen LogP contribution in [0.4, 0.5) is 0 Å². The van der Waals surface area contributed by atoms with Crippen molar-refractivity contribution in [3.8, 4) is 12.3 Å². The molecule has 0 amide bonds. The van der Waals surface area contributed by atoms with Crippen LogP contribution in [0.25, 0.3) is 0 Å². The first kappa shape index (κ1) is 10.3. The SMILES string of the molecule is C#C[C@H](N)C(=O)OCc1ccccc1. The fourth-order valence-corrected chi connectivity index (χ4v) is 0.887. The largest absolute Gasteiger partial charge is 0.459 e. The van der Waals surface area contributed by atoms with Crippen LogP contribution in [-0.4, -0.2) is 12.0 Å². The first-order chi connectivity index (χ1) is 6.74. The van der Waals surface area contributed by atoms with Gasteiger partial charge in [-0.15, -0.1) is 6.42 Å². The van der Waals surface area contributed by atoms with E-state index in [4.69, 9.17) is 16.9 Å². The minimum absolute atomic E-state index is 0.203. The Kier molecular flexibility index (Phi) is 3.71. The molecule has 3 nitrogen and oxygen atoms in total. The van der Waals surface area contributed by atoms with E-state index in [1.807, 2.05) is 30.3 Å². The number of nitrogens with two attached hydrogens (primary N) is 1. The molecule has 0 radical (unpaired) electrons. The van der Waals surface area contributed by atoms with E-state index >= 15 is 0 Å². The molecule has 0 aliphatic rings. The predicted molar refractivity (Wildman–Crippen MR) is 53.0 cm³/mol. The van der Waals surface area contributed by atoms with Crippen LogP contribution in [0.15, 0.2) is 30.3 Å². The van der Waals surface area contributed by atoms with Gasteiger partial charge in [-0.25, -0.2) is 4.79 Å². The van der Waals surface area contributed by atoms with Crippen LogP contribution >= 0.6 is 0 Å². The normalized spacial score (nSPS) is 11.4. The summed E-state index contributed by atoms with van der Waals surface area (Å²) in [6, 6.07) is 8.36. The monoisotopic (exact) mass is 189 g/mol. The van der Waals surface area contributed by atoms with Crippen molar-refractivity contribution in [2.75, 3.05) is 0 Å². The Morgan fingerprint density at radius 1 is 1.50 bits per heavy atom. The molecule has 0 spiro atoms. The molecule has 0 aromatic heterocycles. The van der Waals surface area contributed by atoms with Crippen molar-refractivity contribution in [1.82, 2.24) is 0 Å². The van der Waals surface area contributed by atoms with Crippen molar-refractivity contribution < 1.29 is 9.53 Å². The average molecular weight is 189 g/mol. The molecule has 14 heavy (non-hydrogen) atoms. The summed E-state index contributed by atoms with van der Waals surface area (Å²) in [6.45, 7) is 0.203. The van der Waals surface area contributed by atoms with Crippen molar-refractivity contribution in [3.63, 3.8) is 0 Å². The van der Waals surface area contributed by atoms with Gasteiger partial charge in [0.05, 0.1) is 0 Å². The number of benzene rings is 1. The van der Waals surface area contributed by atoms with Gasteiger partial charge in [0, 0.05) is 0 Å². The maximum Gasteiger partial charge on any atom is 0.335 e. The molecular formula is C11H11NO2. The number of terminal acetylenes is 1. The zero-order valence-electron chi connectivity index (χ0n) is 7.64. The minimum Gasteiger partial charge on any atom is -0.459 e. The van der Waals surface area contributed by atoms with Crippen LogP contribution in [0.2, 0.25) is 0 Å². The third-order valence-electron chi connectivity index (χ3n) is 1.66. The molecule has 0 heterocycles. The molecule has 1 aromatic rings. The van der Waals surface area contributed by atoms with Gasteiger partial charge in [-0.1, -0.05) is 36.3 Å². The Hall–Kier alpha value is -1.79. The van der Waals surface area contributed by atoms with E-state index in [0.717, 1.165) is 5.56 Å². The van der Waals surface area contributed by atoms with Crippen molar-refractivity contribution in [2.45, 2.75) is 12.6 Å². The quantitative estimate of drug-likeness (QED) is 0.562. The number of carbonyl (C=O) groups excluding carboxylic acids is 1. The van der Waals surface area contributed by atoms with Gasteiger partial charge in [0.2, 0.25) is 0 Å². The zero-order valence-corrected chi connectivity index (χ0v) is 7.64. The Labute approximate surface area is 82.9 Å². The van der Waals surface area contributed by atoms with Crippen molar-refractivity contribution in [2.24, 2.45) is 5.73 Å². The lowest BCUT2D eigenvalue weighted by Crippen LogP contribution is -2.30. The number of esters is 1. The van der Waals surface area contributed by atoms with Crippen LogP contribution in [0, 0.1) is 12.3 Å². The molecule has 0 bridgehead atoms. The molecule has 2 N–H and O–H groups in total. The van der Waals surface area contributed by atoms with Gasteiger partial charge in [-0.05, 0) is 5.56 Å². The fourth-order valence-electron chi connectivity index (χ4n) is 0.887. The van der Waals surface area contributed by atoms with Gasteiger partial charge in [0.15, 0.2) is 6.04 Å². The highest BCUT2D eigenvalue weighted by molar-refractivity contribution is 5.78. The van der Waals surface area contributed by atoms with Crippen LogP contribution in [0.1, 0.15) is 5.56 Å².